The molecule has 0 aliphatic heterocycles. The van der Waals surface area contributed by atoms with E-state index in [1.807, 2.05) is 25.1 Å². The largest absolute Gasteiger partial charge is 0.494 e. The summed E-state index contributed by atoms with van der Waals surface area (Å²) >= 11 is 0. The van der Waals surface area contributed by atoms with Crippen molar-refractivity contribution < 1.29 is 13.2 Å². The second-order valence-corrected chi connectivity index (χ2v) is 6.44. The van der Waals surface area contributed by atoms with Crippen LogP contribution >= 0.6 is 0 Å². The molecule has 2 aromatic carbocycles. The Morgan fingerprint density at radius 2 is 1.67 bits per heavy atom. The van der Waals surface area contributed by atoms with Gasteiger partial charge in [-0.3, -0.25) is 4.72 Å². The Hall–Kier alpha value is -2.01. The standard InChI is InChI=1S/C16H19NO3S/c1-2-12-20-16-10-8-15(9-11-16)17-21(18,19)13-14-6-4-3-5-7-14/h3-11,17H,2,12-13H2,1H3. The van der Waals surface area contributed by atoms with Crippen LogP contribution in [0.1, 0.15) is 18.9 Å². The molecule has 4 nitrogen and oxygen atoms in total. The smallest absolute Gasteiger partial charge is 0.236 e. The van der Waals surface area contributed by atoms with Gasteiger partial charge in [0.2, 0.25) is 10.0 Å². The first-order chi connectivity index (χ1) is 10.1. The highest BCUT2D eigenvalue weighted by Gasteiger charge is 2.11. The zero-order valence-electron chi connectivity index (χ0n) is 12.0. The molecule has 0 radical (unpaired) electrons. The molecule has 112 valence electrons. The highest BCUT2D eigenvalue weighted by Crippen LogP contribution is 2.18. The monoisotopic (exact) mass is 305 g/mol. The van der Waals surface area contributed by atoms with Crippen molar-refractivity contribution in [2.75, 3.05) is 11.3 Å². The zero-order chi connectivity index (χ0) is 15.1. The van der Waals surface area contributed by atoms with Gasteiger partial charge in [-0.2, -0.15) is 0 Å². The highest BCUT2D eigenvalue weighted by molar-refractivity contribution is 7.91. The average Bonchev–Trinajstić information content (AvgIpc) is 2.47. The molecule has 0 aliphatic carbocycles. The number of sulfonamides is 1. The molecule has 2 aromatic rings. The van der Waals surface area contributed by atoms with E-state index in [9.17, 15) is 8.42 Å². The van der Waals surface area contributed by atoms with Crippen molar-refractivity contribution in [2.24, 2.45) is 0 Å². The van der Waals surface area contributed by atoms with Crippen molar-refractivity contribution in [3.05, 3.63) is 60.2 Å². The zero-order valence-corrected chi connectivity index (χ0v) is 12.8. The Labute approximate surface area is 125 Å². The summed E-state index contributed by atoms with van der Waals surface area (Å²) < 4.78 is 32.2. The number of anilines is 1. The van der Waals surface area contributed by atoms with Gasteiger partial charge in [0.15, 0.2) is 0 Å². The number of hydrogen-bond acceptors (Lipinski definition) is 3. The normalized spacial score (nSPS) is 11.1. The summed E-state index contributed by atoms with van der Waals surface area (Å²) in [5.41, 5.74) is 1.29. The molecule has 0 aliphatic rings. The predicted molar refractivity (Wildman–Crippen MR) is 84.9 cm³/mol. The van der Waals surface area contributed by atoms with Gasteiger partial charge in [-0.15, -0.1) is 0 Å². The molecule has 0 amide bonds. The molecule has 0 aromatic heterocycles. The Kier molecular flexibility index (Phi) is 5.22. The number of ether oxygens (including phenoxy) is 1. The predicted octanol–water partition coefficient (Wildman–Crippen LogP) is 3.42. The molecule has 0 saturated heterocycles. The van der Waals surface area contributed by atoms with Gasteiger partial charge in [0.1, 0.15) is 5.75 Å². The van der Waals surface area contributed by atoms with Gasteiger partial charge in [-0.25, -0.2) is 8.42 Å². The van der Waals surface area contributed by atoms with Crippen LogP contribution in [-0.4, -0.2) is 15.0 Å². The third-order valence-corrected chi connectivity index (χ3v) is 4.06. The van der Waals surface area contributed by atoms with Crippen LogP contribution in [-0.2, 0) is 15.8 Å². The molecular weight excluding hydrogens is 286 g/mol. The lowest BCUT2D eigenvalue weighted by molar-refractivity contribution is 0.317. The molecule has 0 atom stereocenters. The Bertz CT molecular complexity index is 652. The van der Waals surface area contributed by atoms with Crippen LogP contribution in [0.2, 0.25) is 0 Å². The van der Waals surface area contributed by atoms with Crippen LogP contribution in [0.15, 0.2) is 54.6 Å². The number of hydrogen-bond donors (Lipinski definition) is 1. The van der Waals surface area contributed by atoms with E-state index in [0.717, 1.165) is 17.7 Å². The van der Waals surface area contributed by atoms with Crippen LogP contribution in [0.5, 0.6) is 5.75 Å². The minimum atomic E-state index is -3.41. The van der Waals surface area contributed by atoms with Crippen molar-refractivity contribution in [1.82, 2.24) is 0 Å². The highest BCUT2D eigenvalue weighted by atomic mass is 32.2. The van der Waals surface area contributed by atoms with Gasteiger partial charge in [0.05, 0.1) is 12.4 Å². The van der Waals surface area contributed by atoms with Crippen molar-refractivity contribution in [2.45, 2.75) is 19.1 Å². The minimum Gasteiger partial charge on any atom is -0.494 e. The first kappa shape index (κ1) is 15.4. The first-order valence-electron chi connectivity index (χ1n) is 6.86. The van der Waals surface area contributed by atoms with Crippen molar-refractivity contribution in [1.29, 1.82) is 0 Å². The number of rotatable bonds is 7. The maximum Gasteiger partial charge on any atom is 0.236 e. The van der Waals surface area contributed by atoms with E-state index < -0.39 is 10.0 Å². The third-order valence-electron chi connectivity index (χ3n) is 2.80. The second kappa shape index (κ2) is 7.13. The molecule has 21 heavy (non-hydrogen) atoms. The number of benzene rings is 2. The van der Waals surface area contributed by atoms with Crippen LogP contribution in [0, 0.1) is 0 Å². The van der Waals surface area contributed by atoms with Crippen LogP contribution in [0.3, 0.4) is 0 Å². The molecule has 0 fully saturated rings. The van der Waals surface area contributed by atoms with E-state index in [0.29, 0.717) is 12.3 Å². The van der Waals surface area contributed by atoms with E-state index >= 15 is 0 Å². The summed E-state index contributed by atoms with van der Waals surface area (Å²) in [5, 5.41) is 0. The molecule has 1 N–H and O–H groups in total. The van der Waals surface area contributed by atoms with E-state index in [1.54, 1.807) is 36.4 Å². The number of nitrogens with one attached hydrogen (secondary N) is 1. The molecule has 2 rings (SSSR count). The van der Waals surface area contributed by atoms with Gasteiger partial charge in [-0.1, -0.05) is 37.3 Å². The fourth-order valence-electron chi connectivity index (χ4n) is 1.85. The lowest BCUT2D eigenvalue weighted by Gasteiger charge is -2.09. The Balaban J connectivity index is 2.00. The summed E-state index contributed by atoms with van der Waals surface area (Å²) in [6.07, 6.45) is 0.936. The van der Waals surface area contributed by atoms with Gasteiger partial charge >= 0.3 is 0 Å². The molecule has 0 heterocycles. The summed E-state index contributed by atoms with van der Waals surface area (Å²) in [6, 6.07) is 16.0. The summed E-state index contributed by atoms with van der Waals surface area (Å²) in [5.74, 6) is 0.699. The van der Waals surface area contributed by atoms with Crippen molar-refractivity contribution >= 4 is 15.7 Å². The molecule has 0 spiro atoms. The molecule has 0 saturated carbocycles. The van der Waals surface area contributed by atoms with Gasteiger partial charge in [-0.05, 0) is 36.2 Å². The van der Waals surface area contributed by atoms with E-state index in [1.165, 1.54) is 0 Å². The summed E-state index contributed by atoms with van der Waals surface area (Å²) in [7, 11) is -3.41. The van der Waals surface area contributed by atoms with Crippen molar-refractivity contribution in [3.63, 3.8) is 0 Å². The molecule has 0 unspecified atom stereocenters. The van der Waals surface area contributed by atoms with E-state index in [-0.39, 0.29) is 5.75 Å². The van der Waals surface area contributed by atoms with Crippen molar-refractivity contribution in [3.8, 4) is 5.75 Å². The van der Waals surface area contributed by atoms with Gasteiger partial charge in [0, 0.05) is 5.69 Å². The van der Waals surface area contributed by atoms with E-state index in [2.05, 4.69) is 4.72 Å². The lowest BCUT2D eigenvalue weighted by atomic mass is 10.2. The molecule has 0 bridgehead atoms. The third kappa shape index (κ3) is 5.11. The molecular formula is C16H19NO3S. The lowest BCUT2D eigenvalue weighted by Crippen LogP contribution is -2.14. The van der Waals surface area contributed by atoms with Gasteiger partial charge < -0.3 is 4.74 Å². The topological polar surface area (TPSA) is 55.4 Å². The Morgan fingerprint density at radius 3 is 2.29 bits per heavy atom. The fraction of sp³-hybridized carbons (Fsp3) is 0.250. The quantitative estimate of drug-likeness (QED) is 0.852. The fourth-order valence-corrected chi connectivity index (χ4v) is 3.05. The summed E-state index contributed by atoms with van der Waals surface area (Å²) in [6.45, 7) is 2.69. The molecule has 5 heteroatoms. The minimum absolute atomic E-state index is 0.0398. The van der Waals surface area contributed by atoms with Crippen LogP contribution < -0.4 is 9.46 Å². The second-order valence-electron chi connectivity index (χ2n) is 4.72. The maximum atomic E-state index is 12.1. The van der Waals surface area contributed by atoms with Gasteiger partial charge in [0.25, 0.3) is 0 Å². The summed E-state index contributed by atoms with van der Waals surface area (Å²) in [4.78, 5) is 0. The first-order valence-corrected chi connectivity index (χ1v) is 8.51. The van der Waals surface area contributed by atoms with Crippen LogP contribution in [0.4, 0.5) is 5.69 Å². The Morgan fingerprint density at radius 1 is 1.00 bits per heavy atom. The van der Waals surface area contributed by atoms with E-state index in [4.69, 9.17) is 4.74 Å². The average molecular weight is 305 g/mol. The SMILES string of the molecule is CCCOc1ccc(NS(=O)(=O)Cc2ccccc2)cc1. The van der Waals surface area contributed by atoms with Crippen LogP contribution in [0.25, 0.3) is 0 Å². The maximum absolute atomic E-state index is 12.1.